The lowest BCUT2D eigenvalue weighted by Gasteiger charge is -2.18. The van der Waals surface area contributed by atoms with Gasteiger partial charge in [-0.1, -0.05) is 0 Å². The van der Waals surface area contributed by atoms with Crippen molar-refractivity contribution >= 4 is 5.82 Å². The summed E-state index contributed by atoms with van der Waals surface area (Å²) in [6, 6.07) is 0. The molecular weight excluding hydrogens is 214 g/mol. The maximum absolute atomic E-state index is 6.02. The standard InChI is InChI=1S/C13H19N3O/c14-13-10-5-1-2-6-11(10)15-12(16-13)8-9-4-3-7-17-9/h9H,1-8H2,(H2,14,15,16). The lowest BCUT2D eigenvalue weighted by molar-refractivity contribution is 0.110. The summed E-state index contributed by atoms with van der Waals surface area (Å²) in [7, 11) is 0. The van der Waals surface area contributed by atoms with E-state index in [1.54, 1.807) is 0 Å². The van der Waals surface area contributed by atoms with Crippen LogP contribution in [-0.2, 0) is 24.0 Å². The van der Waals surface area contributed by atoms with Crippen molar-refractivity contribution in [2.75, 3.05) is 12.3 Å². The molecule has 2 aliphatic rings. The Morgan fingerprint density at radius 1 is 1.18 bits per heavy atom. The second kappa shape index (κ2) is 4.61. The third-order valence-electron chi connectivity index (χ3n) is 3.70. The molecule has 0 spiro atoms. The minimum absolute atomic E-state index is 0.302. The largest absolute Gasteiger partial charge is 0.383 e. The fourth-order valence-electron chi connectivity index (χ4n) is 2.78. The van der Waals surface area contributed by atoms with E-state index in [-0.39, 0.29) is 0 Å². The molecule has 2 heterocycles. The molecule has 0 radical (unpaired) electrons. The number of nitrogen functional groups attached to an aromatic ring is 1. The first kappa shape index (κ1) is 11.0. The topological polar surface area (TPSA) is 61.0 Å². The SMILES string of the molecule is Nc1nc(CC2CCCO2)nc2c1CCCC2. The molecule has 1 aliphatic heterocycles. The van der Waals surface area contributed by atoms with E-state index in [0.29, 0.717) is 11.9 Å². The van der Waals surface area contributed by atoms with Gasteiger partial charge in [0.25, 0.3) is 0 Å². The van der Waals surface area contributed by atoms with Gasteiger partial charge >= 0.3 is 0 Å². The van der Waals surface area contributed by atoms with Gasteiger partial charge in [-0.2, -0.15) is 0 Å². The van der Waals surface area contributed by atoms with Crippen LogP contribution in [0, 0.1) is 0 Å². The number of ether oxygens (including phenoxy) is 1. The fraction of sp³-hybridized carbons (Fsp3) is 0.692. The van der Waals surface area contributed by atoms with E-state index in [1.807, 2.05) is 0 Å². The van der Waals surface area contributed by atoms with Gasteiger partial charge in [0.15, 0.2) is 0 Å². The first-order valence-corrected chi connectivity index (χ1v) is 6.58. The van der Waals surface area contributed by atoms with Gasteiger partial charge in [0.1, 0.15) is 11.6 Å². The summed E-state index contributed by atoms with van der Waals surface area (Å²) < 4.78 is 5.62. The van der Waals surface area contributed by atoms with Gasteiger partial charge in [0, 0.05) is 24.3 Å². The summed E-state index contributed by atoms with van der Waals surface area (Å²) in [6.07, 6.45) is 7.94. The van der Waals surface area contributed by atoms with E-state index in [9.17, 15) is 0 Å². The van der Waals surface area contributed by atoms with Gasteiger partial charge in [0.2, 0.25) is 0 Å². The minimum atomic E-state index is 0.302. The number of rotatable bonds is 2. The zero-order chi connectivity index (χ0) is 11.7. The second-order valence-electron chi connectivity index (χ2n) is 5.00. The lowest BCUT2D eigenvalue weighted by Crippen LogP contribution is -2.17. The van der Waals surface area contributed by atoms with Crippen molar-refractivity contribution in [2.45, 2.75) is 51.0 Å². The Morgan fingerprint density at radius 3 is 2.88 bits per heavy atom. The molecule has 1 aliphatic carbocycles. The molecule has 4 nitrogen and oxygen atoms in total. The van der Waals surface area contributed by atoms with Crippen LogP contribution in [0.3, 0.4) is 0 Å². The van der Waals surface area contributed by atoms with Crippen molar-refractivity contribution in [3.8, 4) is 0 Å². The van der Waals surface area contributed by atoms with Crippen LogP contribution in [0.4, 0.5) is 5.82 Å². The van der Waals surface area contributed by atoms with Crippen LogP contribution in [-0.4, -0.2) is 22.7 Å². The van der Waals surface area contributed by atoms with E-state index < -0.39 is 0 Å². The molecule has 92 valence electrons. The Morgan fingerprint density at radius 2 is 2.06 bits per heavy atom. The molecule has 1 aromatic heterocycles. The van der Waals surface area contributed by atoms with Gasteiger partial charge in [0.05, 0.1) is 6.10 Å². The number of fused-ring (bicyclic) bond motifs is 1. The summed E-state index contributed by atoms with van der Waals surface area (Å²) in [5.41, 5.74) is 8.39. The van der Waals surface area contributed by atoms with Crippen LogP contribution < -0.4 is 5.73 Å². The average molecular weight is 233 g/mol. The molecule has 2 N–H and O–H groups in total. The van der Waals surface area contributed by atoms with Crippen molar-refractivity contribution in [3.63, 3.8) is 0 Å². The Balaban J connectivity index is 1.82. The van der Waals surface area contributed by atoms with Crippen molar-refractivity contribution in [1.29, 1.82) is 0 Å². The van der Waals surface area contributed by atoms with Crippen LogP contribution in [0.25, 0.3) is 0 Å². The summed E-state index contributed by atoms with van der Waals surface area (Å²) in [6.45, 7) is 0.880. The first-order chi connectivity index (χ1) is 8.33. The molecule has 0 saturated carbocycles. The zero-order valence-corrected chi connectivity index (χ0v) is 10.1. The molecule has 1 fully saturated rings. The minimum Gasteiger partial charge on any atom is -0.383 e. The van der Waals surface area contributed by atoms with Crippen molar-refractivity contribution < 1.29 is 4.74 Å². The number of nitrogens with two attached hydrogens (primary N) is 1. The monoisotopic (exact) mass is 233 g/mol. The number of aromatic nitrogens is 2. The molecule has 0 aromatic carbocycles. The smallest absolute Gasteiger partial charge is 0.133 e. The highest BCUT2D eigenvalue weighted by molar-refractivity contribution is 5.43. The normalized spacial score (nSPS) is 23.6. The van der Waals surface area contributed by atoms with Gasteiger partial charge in [-0.3, -0.25) is 0 Å². The Bertz CT molecular complexity index is 413. The Labute approximate surface area is 102 Å². The predicted molar refractivity (Wildman–Crippen MR) is 65.8 cm³/mol. The van der Waals surface area contributed by atoms with Crippen LogP contribution in [0.1, 0.15) is 42.8 Å². The summed E-state index contributed by atoms with van der Waals surface area (Å²) in [5.74, 6) is 1.57. The van der Waals surface area contributed by atoms with E-state index in [0.717, 1.165) is 44.5 Å². The quantitative estimate of drug-likeness (QED) is 0.844. The van der Waals surface area contributed by atoms with Crippen LogP contribution in [0.2, 0.25) is 0 Å². The van der Waals surface area contributed by atoms with Gasteiger partial charge < -0.3 is 10.5 Å². The highest BCUT2D eigenvalue weighted by atomic mass is 16.5. The molecule has 0 amide bonds. The summed E-state index contributed by atoms with van der Waals surface area (Å²) in [5, 5.41) is 0. The zero-order valence-electron chi connectivity index (χ0n) is 10.1. The maximum Gasteiger partial charge on any atom is 0.133 e. The second-order valence-corrected chi connectivity index (χ2v) is 5.00. The molecular formula is C13H19N3O. The van der Waals surface area contributed by atoms with Gasteiger partial charge in [-0.05, 0) is 38.5 Å². The number of hydrogen-bond acceptors (Lipinski definition) is 4. The van der Waals surface area contributed by atoms with Crippen LogP contribution >= 0.6 is 0 Å². The number of hydrogen-bond donors (Lipinski definition) is 1. The summed E-state index contributed by atoms with van der Waals surface area (Å²) in [4.78, 5) is 9.10. The van der Waals surface area contributed by atoms with Crippen molar-refractivity contribution in [3.05, 3.63) is 17.1 Å². The van der Waals surface area contributed by atoms with E-state index in [1.165, 1.54) is 24.1 Å². The molecule has 3 rings (SSSR count). The Hall–Kier alpha value is -1.16. The van der Waals surface area contributed by atoms with Gasteiger partial charge in [-0.15, -0.1) is 0 Å². The van der Waals surface area contributed by atoms with E-state index >= 15 is 0 Å². The lowest BCUT2D eigenvalue weighted by atomic mass is 9.96. The number of anilines is 1. The van der Waals surface area contributed by atoms with E-state index in [4.69, 9.17) is 10.5 Å². The fourth-order valence-corrected chi connectivity index (χ4v) is 2.78. The highest BCUT2D eigenvalue weighted by Crippen LogP contribution is 2.24. The number of aryl methyl sites for hydroxylation is 1. The molecule has 17 heavy (non-hydrogen) atoms. The van der Waals surface area contributed by atoms with Crippen molar-refractivity contribution in [1.82, 2.24) is 9.97 Å². The Kier molecular flexibility index (Phi) is 2.97. The molecule has 0 bridgehead atoms. The average Bonchev–Trinajstić information content (AvgIpc) is 2.82. The molecule has 1 aromatic rings. The molecule has 1 atom stereocenters. The van der Waals surface area contributed by atoms with Crippen LogP contribution in [0.5, 0.6) is 0 Å². The highest BCUT2D eigenvalue weighted by Gasteiger charge is 2.20. The van der Waals surface area contributed by atoms with Crippen LogP contribution in [0.15, 0.2) is 0 Å². The molecule has 4 heteroatoms. The maximum atomic E-state index is 6.02. The van der Waals surface area contributed by atoms with Crippen molar-refractivity contribution in [2.24, 2.45) is 0 Å². The predicted octanol–water partition coefficient (Wildman–Crippen LogP) is 1.66. The first-order valence-electron chi connectivity index (χ1n) is 6.58. The number of nitrogens with zero attached hydrogens (tertiary/aromatic N) is 2. The molecule has 1 unspecified atom stereocenters. The van der Waals surface area contributed by atoms with Gasteiger partial charge in [-0.25, -0.2) is 9.97 Å². The third-order valence-corrected chi connectivity index (χ3v) is 3.70. The molecule has 1 saturated heterocycles. The third kappa shape index (κ3) is 2.27. The summed E-state index contributed by atoms with van der Waals surface area (Å²) >= 11 is 0. The van der Waals surface area contributed by atoms with E-state index in [2.05, 4.69) is 9.97 Å².